The van der Waals surface area contributed by atoms with Crippen LogP contribution in [0.3, 0.4) is 0 Å². The molecule has 45 heavy (non-hydrogen) atoms. The van der Waals surface area contributed by atoms with Gasteiger partial charge < -0.3 is 9.30 Å². The van der Waals surface area contributed by atoms with Crippen LogP contribution in [0.1, 0.15) is 40.6 Å². The van der Waals surface area contributed by atoms with Crippen molar-refractivity contribution in [1.82, 2.24) is 19.3 Å². The molecule has 3 heterocycles. The summed E-state index contributed by atoms with van der Waals surface area (Å²) in [5, 5.41) is 7.26. The van der Waals surface area contributed by atoms with Gasteiger partial charge >= 0.3 is 20.4 Å². The Balaban J connectivity index is 0.00000357. The van der Waals surface area contributed by atoms with E-state index in [4.69, 9.17) is 9.84 Å². The summed E-state index contributed by atoms with van der Waals surface area (Å²) in [4.78, 5) is 4.69. The van der Waals surface area contributed by atoms with Crippen molar-refractivity contribution in [2.24, 2.45) is 0 Å². The molecule has 0 saturated heterocycles. The molecule has 7 rings (SSSR count). The van der Waals surface area contributed by atoms with Crippen molar-refractivity contribution in [3.63, 3.8) is 0 Å². The Morgan fingerprint density at radius 1 is 0.733 bits per heavy atom. The third-order valence-electron chi connectivity index (χ3n) is 8.31. The number of aromatic nitrogens is 4. The van der Waals surface area contributed by atoms with Crippen molar-refractivity contribution in [1.29, 1.82) is 0 Å². The zero-order valence-electron chi connectivity index (χ0n) is 26.3. The average molecular weight is 681 g/mol. The van der Waals surface area contributed by atoms with Crippen LogP contribution in [0.25, 0.3) is 44.4 Å². The second kappa shape index (κ2) is 12.1. The van der Waals surface area contributed by atoms with Crippen LogP contribution in [-0.4, -0.2) is 19.3 Å². The molecule has 0 fully saturated rings. The molecule has 226 valence electrons. The van der Waals surface area contributed by atoms with Crippen molar-refractivity contribution >= 4 is 21.8 Å². The zero-order chi connectivity index (χ0) is 30.5. The van der Waals surface area contributed by atoms with Gasteiger partial charge in [-0.2, -0.15) is 17.2 Å². The molecule has 3 aromatic heterocycles. The Labute approximate surface area is 278 Å². The first kappa shape index (κ1) is 30.5. The Kier molecular flexibility index (Phi) is 8.22. The molecule has 0 aliphatic rings. The molecule has 0 saturated carbocycles. The maximum atomic E-state index is 6.42. The molecule has 0 amide bonds. The molecule has 0 spiro atoms. The molecule has 0 unspecified atom stereocenters. The predicted octanol–water partition coefficient (Wildman–Crippen LogP) is 9.53. The quantitative estimate of drug-likeness (QED) is 0.130. The maximum absolute atomic E-state index is 6.42. The molecule has 0 radical (unpaired) electrons. The summed E-state index contributed by atoms with van der Waals surface area (Å²) >= 11 is 0. The number of hydrogen-bond donors (Lipinski definition) is 0. The van der Waals surface area contributed by atoms with Crippen LogP contribution in [0, 0.1) is 46.8 Å². The Bertz CT molecular complexity index is 2180. The smallest absolute Gasteiger partial charge is 0.509 e. The Morgan fingerprint density at radius 3 is 2.24 bits per heavy atom. The number of pyridine rings is 1. The fourth-order valence-corrected chi connectivity index (χ4v) is 6.55. The number of rotatable bonds is 6. The topological polar surface area (TPSA) is 44.9 Å². The van der Waals surface area contributed by atoms with E-state index in [0.717, 1.165) is 56.7 Å². The summed E-state index contributed by atoms with van der Waals surface area (Å²) in [6.45, 7) is 12.9. The molecular weight excluding hydrogens is 647 g/mol. The van der Waals surface area contributed by atoms with Crippen LogP contribution in [0.5, 0.6) is 11.5 Å². The number of aryl methyl sites for hydroxylation is 5. The molecular formula is C39H34N4OPd. The van der Waals surface area contributed by atoms with Crippen molar-refractivity contribution in [3.05, 3.63) is 131 Å². The van der Waals surface area contributed by atoms with E-state index in [1.165, 1.54) is 27.8 Å². The van der Waals surface area contributed by atoms with Crippen molar-refractivity contribution in [2.45, 2.75) is 48.0 Å². The van der Waals surface area contributed by atoms with E-state index in [0.29, 0.717) is 11.5 Å². The third kappa shape index (κ3) is 5.39. The maximum Gasteiger partial charge on any atom is 2.00 e. The van der Waals surface area contributed by atoms with E-state index in [9.17, 15) is 0 Å². The molecule has 0 aliphatic heterocycles. The normalized spacial score (nSPS) is 11.2. The fourth-order valence-electron chi connectivity index (χ4n) is 6.55. The summed E-state index contributed by atoms with van der Waals surface area (Å²) in [7, 11) is 0. The summed E-state index contributed by atoms with van der Waals surface area (Å²) < 4.78 is 10.6. The molecule has 0 atom stereocenters. The number of hydrogen-bond acceptors (Lipinski definition) is 3. The SMILES string of the molecule is CCc1c(-c2c(C)cc(C)cc2C)c(C)nn1-c1[c-]c(Oc2[c-]c3c(cc2)c2ccccc2n3-c2cc(C)ccn2)ccc1.[Pd+2]. The minimum atomic E-state index is 0. The number of nitrogens with zero attached hydrogens (tertiary/aromatic N) is 4. The third-order valence-corrected chi connectivity index (χ3v) is 8.31. The van der Waals surface area contributed by atoms with Crippen LogP contribution in [0.4, 0.5) is 0 Å². The fraction of sp³-hybridized carbons (Fsp3) is 0.179. The number of para-hydroxylation sites is 1. The number of ether oxygens (including phenoxy) is 1. The molecule has 0 N–H and O–H groups in total. The van der Waals surface area contributed by atoms with Gasteiger partial charge in [0.05, 0.1) is 5.69 Å². The standard InChI is InChI=1S/C39H34N4O.Pd/c1-7-34-39(38-26(4)19-25(3)20-27(38)5)28(6)41-43(34)29-11-10-12-30(22-29)44-31-15-16-33-32-13-8-9-14-35(32)42(36(33)23-31)37-21-24(2)17-18-40-37;/h8-21H,7H2,1-6H3;/q-2;+2. The van der Waals surface area contributed by atoms with E-state index < -0.39 is 0 Å². The van der Waals surface area contributed by atoms with Crippen LogP contribution < -0.4 is 4.74 Å². The van der Waals surface area contributed by atoms with Gasteiger partial charge in [0.1, 0.15) is 5.82 Å². The van der Waals surface area contributed by atoms with Crippen molar-refractivity contribution in [2.75, 3.05) is 0 Å². The Hall–Kier alpha value is -4.50. The molecule has 0 bridgehead atoms. The Morgan fingerprint density at radius 2 is 1.49 bits per heavy atom. The predicted molar refractivity (Wildman–Crippen MR) is 178 cm³/mol. The molecule has 7 aromatic rings. The van der Waals surface area contributed by atoms with E-state index in [1.54, 1.807) is 0 Å². The number of fused-ring (bicyclic) bond motifs is 3. The van der Waals surface area contributed by atoms with Gasteiger partial charge in [-0.05, 0) is 92.6 Å². The van der Waals surface area contributed by atoms with E-state index in [-0.39, 0.29) is 20.4 Å². The summed E-state index contributed by atoms with van der Waals surface area (Å²) in [5.74, 6) is 2.07. The minimum Gasteiger partial charge on any atom is -0.509 e. The van der Waals surface area contributed by atoms with Crippen LogP contribution in [-0.2, 0) is 26.8 Å². The van der Waals surface area contributed by atoms with Crippen molar-refractivity contribution < 1.29 is 25.2 Å². The molecule has 5 nitrogen and oxygen atoms in total. The molecule has 6 heteroatoms. The van der Waals surface area contributed by atoms with Gasteiger partial charge in [-0.25, -0.2) is 4.98 Å². The van der Waals surface area contributed by atoms with Crippen LogP contribution >= 0.6 is 0 Å². The second-order valence-corrected chi connectivity index (χ2v) is 11.6. The van der Waals surface area contributed by atoms with E-state index in [2.05, 4.69) is 112 Å². The van der Waals surface area contributed by atoms with E-state index >= 15 is 0 Å². The van der Waals surface area contributed by atoms with Crippen molar-refractivity contribution in [3.8, 4) is 34.1 Å². The zero-order valence-corrected chi connectivity index (χ0v) is 27.9. The second-order valence-electron chi connectivity index (χ2n) is 11.6. The van der Waals surface area contributed by atoms with Gasteiger partial charge in [0.25, 0.3) is 0 Å². The first-order valence-electron chi connectivity index (χ1n) is 15.1. The number of benzene rings is 4. The summed E-state index contributed by atoms with van der Waals surface area (Å²) in [6.07, 6.45) is 2.68. The van der Waals surface area contributed by atoms with Gasteiger partial charge in [0.15, 0.2) is 0 Å². The van der Waals surface area contributed by atoms with E-state index in [1.807, 2.05) is 41.2 Å². The first-order chi connectivity index (χ1) is 21.3. The summed E-state index contributed by atoms with van der Waals surface area (Å²) in [5.41, 5.74) is 12.4. The van der Waals surface area contributed by atoms with Gasteiger partial charge in [0, 0.05) is 34.5 Å². The minimum absolute atomic E-state index is 0. The van der Waals surface area contributed by atoms with Gasteiger partial charge in [-0.15, -0.1) is 35.7 Å². The molecule has 0 aliphatic carbocycles. The summed E-state index contributed by atoms with van der Waals surface area (Å²) in [6, 6.07) is 34.0. The van der Waals surface area contributed by atoms with Gasteiger partial charge in [-0.1, -0.05) is 48.3 Å². The average Bonchev–Trinajstić information content (AvgIpc) is 3.51. The molecule has 4 aromatic carbocycles. The monoisotopic (exact) mass is 680 g/mol. The van der Waals surface area contributed by atoms with Crippen LogP contribution in [0.2, 0.25) is 0 Å². The van der Waals surface area contributed by atoms with Gasteiger partial charge in [-0.3, -0.25) is 4.68 Å². The largest absolute Gasteiger partial charge is 2.00 e. The van der Waals surface area contributed by atoms with Gasteiger partial charge in [0.2, 0.25) is 0 Å². The first-order valence-corrected chi connectivity index (χ1v) is 15.1. The van der Waals surface area contributed by atoms with Crippen LogP contribution in [0.15, 0.2) is 85.1 Å².